The van der Waals surface area contributed by atoms with Crippen LogP contribution in [0.1, 0.15) is 40.1 Å². The van der Waals surface area contributed by atoms with Crippen LogP contribution in [-0.4, -0.2) is 11.1 Å². The molecule has 6 heteroatoms. The van der Waals surface area contributed by atoms with Gasteiger partial charge in [0.2, 0.25) is 5.91 Å². The maximum Gasteiger partial charge on any atom is 0.231 e. The molecular weight excluding hydrogens is 334 g/mol. The molecule has 0 saturated heterocycles. The Bertz CT molecular complexity index is 1010. The molecule has 1 N–H and O–H groups in total. The Labute approximate surface area is 149 Å². The van der Waals surface area contributed by atoms with Gasteiger partial charge in [-0.2, -0.15) is 5.26 Å². The Morgan fingerprint density at radius 3 is 3.08 bits per heavy atom. The van der Waals surface area contributed by atoms with Crippen LogP contribution < -0.4 is 5.32 Å². The highest BCUT2D eigenvalue weighted by atomic mass is 32.1. The molecule has 1 aliphatic carbocycles. The second kappa shape index (κ2) is 6.34. The number of hydrogen-bond acceptors (Lipinski definition) is 5. The van der Waals surface area contributed by atoms with E-state index in [-0.39, 0.29) is 12.3 Å². The molecule has 4 rings (SSSR count). The van der Waals surface area contributed by atoms with Crippen molar-refractivity contribution in [1.29, 1.82) is 5.26 Å². The number of benzene rings is 1. The molecule has 0 saturated carbocycles. The molecule has 0 radical (unpaired) electrons. The van der Waals surface area contributed by atoms with Gasteiger partial charge in [0.1, 0.15) is 16.8 Å². The molecule has 1 aliphatic rings. The van der Waals surface area contributed by atoms with Crippen molar-refractivity contribution >= 4 is 33.2 Å². The summed E-state index contributed by atoms with van der Waals surface area (Å²) in [4.78, 5) is 13.7. The normalized spacial score (nSPS) is 13.4. The van der Waals surface area contributed by atoms with Crippen molar-refractivity contribution in [3.05, 3.63) is 45.5 Å². The largest absolute Gasteiger partial charge is 0.356 e. The predicted molar refractivity (Wildman–Crippen MR) is 96.8 cm³/mol. The summed E-state index contributed by atoms with van der Waals surface area (Å²) in [6.07, 6.45) is 4.31. The van der Waals surface area contributed by atoms with E-state index in [0.717, 1.165) is 42.2 Å². The number of nitrogens with zero attached hydrogens (tertiary/aromatic N) is 2. The lowest BCUT2D eigenvalue weighted by Crippen LogP contribution is -2.14. The molecule has 2 aromatic heterocycles. The summed E-state index contributed by atoms with van der Waals surface area (Å²) in [5.74, 6) is -0.174. The van der Waals surface area contributed by atoms with E-state index in [1.54, 1.807) is 0 Å². The van der Waals surface area contributed by atoms with Gasteiger partial charge in [-0.05, 0) is 50.3 Å². The monoisotopic (exact) mass is 351 g/mol. The van der Waals surface area contributed by atoms with E-state index in [0.29, 0.717) is 21.8 Å². The Morgan fingerprint density at radius 1 is 1.40 bits per heavy atom. The van der Waals surface area contributed by atoms with Crippen molar-refractivity contribution in [2.45, 2.75) is 39.0 Å². The number of nitriles is 1. The van der Waals surface area contributed by atoms with Crippen LogP contribution in [0.5, 0.6) is 0 Å². The maximum absolute atomic E-state index is 12.5. The van der Waals surface area contributed by atoms with Gasteiger partial charge >= 0.3 is 0 Å². The summed E-state index contributed by atoms with van der Waals surface area (Å²) in [6.45, 7) is 1.99. The lowest BCUT2D eigenvalue weighted by atomic mass is 9.96. The zero-order chi connectivity index (χ0) is 17.4. The van der Waals surface area contributed by atoms with Crippen LogP contribution in [0.3, 0.4) is 0 Å². The number of nitrogens with one attached hydrogen (secondary N) is 1. The molecule has 0 spiro atoms. The molecule has 5 nitrogen and oxygen atoms in total. The minimum absolute atomic E-state index is 0.129. The van der Waals surface area contributed by atoms with E-state index in [1.807, 2.05) is 25.1 Å². The lowest BCUT2D eigenvalue weighted by molar-refractivity contribution is -0.115. The zero-order valence-electron chi connectivity index (χ0n) is 13.9. The van der Waals surface area contributed by atoms with Crippen LogP contribution in [0.25, 0.3) is 11.0 Å². The summed E-state index contributed by atoms with van der Waals surface area (Å²) in [6, 6.07) is 8.05. The molecule has 2 heterocycles. The van der Waals surface area contributed by atoms with E-state index >= 15 is 0 Å². The number of amides is 1. The molecule has 0 atom stereocenters. The van der Waals surface area contributed by atoms with Crippen LogP contribution >= 0.6 is 11.3 Å². The van der Waals surface area contributed by atoms with E-state index in [2.05, 4.69) is 16.5 Å². The molecule has 0 fully saturated rings. The number of rotatable bonds is 3. The number of fused-ring (bicyclic) bond motifs is 2. The van der Waals surface area contributed by atoms with Gasteiger partial charge in [-0.3, -0.25) is 4.79 Å². The van der Waals surface area contributed by atoms with Crippen molar-refractivity contribution in [3.8, 4) is 6.07 Å². The number of aryl methyl sites for hydroxylation is 2. The minimum atomic E-state index is -0.174. The van der Waals surface area contributed by atoms with Gasteiger partial charge in [0, 0.05) is 10.3 Å². The second-order valence-electron chi connectivity index (χ2n) is 6.38. The average molecular weight is 351 g/mol. The molecule has 0 aliphatic heterocycles. The highest BCUT2D eigenvalue weighted by Crippen LogP contribution is 2.37. The van der Waals surface area contributed by atoms with E-state index in [9.17, 15) is 10.1 Å². The molecule has 1 amide bonds. The fourth-order valence-electron chi connectivity index (χ4n) is 3.33. The van der Waals surface area contributed by atoms with Gasteiger partial charge in [-0.25, -0.2) is 0 Å². The molecule has 0 bridgehead atoms. The van der Waals surface area contributed by atoms with E-state index in [1.165, 1.54) is 16.2 Å². The first kappa shape index (κ1) is 15.9. The zero-order valence-corrected chi connectivity index (χ0v) is 14.7. The number of carbonyl (C=O) groups is 1. The minimum Gasteiger partial charge on any atom is -0.356 e. The quantitative estimate of drug-likeness (QED) is 0.769. The van der Waals surface area contributed by atoms with E-state index < -0.39 is 0 Å². The van der Waals surface area contributed by atoms with Crippen LogP contribution in [0.15, 0.2) is 22.7 Å². The highest BCUT2D eigenvalue weighted by Gasteiger charge is 2.22. The second-order valence-corrected chi connectivity index (χ2v) is 7.49. The topological polar surface area (TPSA) is 78.9 Å². The highest BCUT2D eigenvalue weighted by molar-refractivity contribution is 7.16. The van der Waals surface area contributed by atoms with Gasteiger partial charge in [0.25, 0.3) is 0 Å². The van der Waals surface area contributed by atoms with Gasteiger partial charge in [-0.1, -0.05) is 16.8 Å². The Balaban J connectivity index is 1.57. The van der Waals surface area contributed by atoms with Crippen LogP contribution in [0, 0.1) is 18.3 Å². The van der Waals surface area contributed by atoms with Crippen molar-refractivity contribution < 1.29 is 9.32 Å². The van der Waals surface area contributed by atoms with Crippen LogP contribution in [0.4, 0.5) is 5.00 Å². The van der Waals surface area contributed by atoms with Crippen molar-refractivity contribution in [2.75, 3.05) is 5.32 Å². The third-order valence-electron chi connectivity index (χ3n) is 4.56. The number of aromatic nitrogens is 1. The molecular formula is C19H17N3O2S. The number of hydrogen-bond donors (Lipinski definition) is 1. The average Bonchev–Trinajstić information content (AvgIpc) is 3.15. The number of thiophene rings is 1. The summed E-state index contributed by atoms with van der Waals surface area (Å²) < 4.78 is 5.29. The van der Waals surface area contributed by atoms with Crippen LogP contribution in [0.2, 0.25) is 0 Å². The molecule has 25 heavy (non-hydrogen) atoms. The first-order valence-electron chi connectivity index (χ1n) is 8.35. The Hall–Kier alpha value is -2.65. The maximum atomic E-state index is 12.5. The SMILES string of the molecule is Cc1ccc2onc(CC(=O)Nc3sc4c(c3C#N)CCCC4)c2c1. The fraction of sp³-hybridized carbons (Fsp3) is 0.316. The van der Waals surface area contributed by atoms with Crippen molar-refractivity contribution in [1.82, 2.24) is 5.16 Å². The Morgan fingerprint density at radius 2 is 2.24 bits per heavy atom. The lowest BCUT2D eigenvalue weighted by Gasteiger charge is -2.09. The van der Waals surface area contributed by atoms with Crippen molar-refractivity contribution in [3.63, 3.8) is 0 Å². The van der Waals surface area contributed by atoms with Gasteiger partial charge in [0.15, 0.2) is 5.58 Å². The first-order valence-corrected chi connectivity index (χ1v) is 9.17. The molecule has 3 aromatic rings. The number of carbonyl (C=O) groups excluding carboxylic acids is 1. The van der Waals surface area contributed by atoms with Crippen LogP contribution in [-0.2, 0) is 24.1 Å². The number of anilines is 1. The third-order valence-corrected chi connectivity index (χ3v) is 5.77. The molecule has 126 valence electrons. The van der Waals surface area contributed by atoms with E-state index in [4.69, 9.17) is 4.52 Å². The van der Waals surface area contributed by atoms with Gasteiger partial charge < -0.3 is 9.84 Å². The summed E-state index contributed by atoms with van der Waals surface area (Å²) in [5.41, 5.74) is 4.15. The fourth-order valence-corrected chi connectivity index (χ4v) is 4.58. The smallest absolute Gasteiger partial charge is 0.231 e. The predicted octanol–water partition coefficient (Wildman–Crippen LogP) is 4.13. The summed E-state index contributed by atoms with van der Waals surface area (Å²) >= 11 is 1.54. The summed E-state index contributed by atoms with van der Waals surface area (Å²) in [5, 5.41) is 18.0. The molecule has 1 aromatic carbocycles. The third kappa shape index (κ3) is 2.92. The first-order chi connectivity index (χ1) is 12.2. The molecule has 0 unspecified atom stereocenters. The van der Waals surface area contributed by atoms with Crippen molar-refractivity contribution in [2.24, 2.45) is 0 Å². The standard InChI is InChI=1S/C19H17N3O2S/c1-11-6-7-16-13(8-11)15(22-24-16)9-18(23)21-19-14(10-20)12-4-2-3-5-17(12)25-19/h6-8H,2-5,9H2,1H3,(H,21,23). The Kier molecular flexibility index (Phi) is 4.02. The summed E-state index contributed by atoms with van der Waals surface area (Å²) in [7, 11) is 0. The van der Waals surface area contributed by atoms with Gasteiger partial charge in [-0.15, -0.1) is 11.3 Å². The van der Waals surface area contributed by atoms with Gasteiger partial charge in [0.05, 0.1) is 12.0 Å².